The Balaban J connectivity index is 2.11. The monoisotopic (exact) mass is 266 g/mol. The number of aliphatic carboxylic acids is 1. The van der Waals surface area contributed by atoms with Crippen LogP contribution in [0.5, 0.6) is 0 Å². The van der Waals surface area contributed by atoms with Crippen LogP contribution in [0.15, 0.2) is 24.3 Å². The van der Waals surface area contributed by atoms with Crippen molar-refractivity contribution in [2.75, 3.05) is 25.5 Å². The number of ether oxygens (including phenoxy) is 1. The molecule has 0 spiro atoms. The Labute approximate surface area is 111 Å². The molecule has 1 rings (SSSR count). The van der Waals surface area contributed by atoms with Gasteiger partial charge < -0.3 is 20.9 Å². The molecule has 6 nitrogen and oxygen atoms in total. The zero-order chi connectivity index (χ0) is 14.1. The van der Waals surface area contributed by atoms with Crippen molar-refractivity contribution in [2.24, 2.45) is 0 Å². The summed E-state index contributed by atoms with van der Waals surface area (Å²) in [5.41, 5.74) is 7.31. The fraction of sp³-hybridized carbons (Fsp3) is 0.385. The third kappa shape index (κ3) is 7.05. The van der Waals surface area contributed by atoms with E-state index < -0.39 is 5.97 Å². The Kier molecular flexibility index (Phi) is 6.38. The van der Waals surface area contributed by atoms with Gasteiger partial charge in [-0.3, -0.25) is 4.79 Å². The highest BCUT2D eigenvalue weighted by Gasteiger charge is 2.02. The van der Waals surface area contributed by atoms with Crippen molar-refractivity contribution < 1.29 is 19.4 Å². The molecule has 0 saturated carbocycles. The van der Waals surface area contributed by atoms with E-state index in [0.29, 0.717) is 25.1 Å². The van der Waals surface area contributed by atoms with Gasteiger partial charge in [0.05, 0.1) is 6.61 Å². The van der Waals surface area contributed by atoms with Gasteiger partial charge in [-0.2, -0.15) is 0 Å². The lowest BCUT2D eigenvalue weighted by molar-refractivity contribution is -0.142. The molecule has 0 aliphatic carbocycles. The van der Waals surface area contributed by atoms with Crippen LogP contribution in [0.4, 0.5) is 5.69 Å². The maximum atomic E-state index is 11.5. The zero-order valence-electron chi connectivity index (χ0n) is 10.6. The molecule has 0 atom stereocenters. The van der Waals surface area contributed by atoms with Gasteiger partial charge >= 0.3 is 5.97 Å². The van der Waals surface area contributed by atoms with Crippen LogP contribution in [0, 0.1) is 0 Å². The third-order valence-electron chi connectivity index (χ3n) is 2.41. The number of benzene rings is 1. The zero-order valence-corrected chi connectivity index (χ0v) is 10.6. The molecule has 0 heterocycles. The normalized spacial score (nSPS) is 10.1. The molecule has 4 N–H and O–H groups in total. The van der Waals surface area contributed by atoms with Crippen LogP contribution in [-0.2, 0) is 20.7 Å². The molecule has 1 aromatic rings. The molecule has 0 aliphatic rings. The molecule has 0 aromatic heterocycles. The molecular weight excluding hydrogens is 248 g/mol. The molecular formula is C13H18N2O4. The van der Waals surface area contributed by atoms with Crippen LogP contribution in [0.1, 0.15) is 12.0 Å². The number of rotatable bonds is 8. The van der Waals surface area contributed by atoms with E-state index >= 15 is 0 Å². The van der Waals surface area contributed by atoms with Crippen LogP contribution < -0.4 is 11.1 Å². The first kappa shape index (κ1) is 15.0. The van der Waals surface area contributed by atoms with Crippen molar-refractivity contribution in [3.63, 3.8) is 0 Å². The minimum atomic E-state index is -1.02. The Bertz CT molecular complexity index is 417. The minimum Gasteiger partial charge on any atom is -0.480 e. The first-order valence-electron chi connectivity index (χ1n) is 5.98. The number of nitrogens with two attached hydrogens (primary N) is 1. The second kappa shape index (κ2) is 8.10. The van der Waals surface area contributed by atoms with E-state index in [2.05, 4.69) is 5.32 Å². The van der Waals surface area contributed by atoms with Gasteiger partial charge in [0, 0.05) is 18.7 Å². The molecule has 0 radical (unpaired) electrons. The maximum absolute atomic E-state index is 11.5. The molecule has 0 aliphatic heterocycles. The van der Waals surface area contributed by atoms with E-state index in [1.54, 1.807) is 12.1 Å². The van der Waals surface area contributed by atoms with Crippen LogP contribution >= 0.6 is 0 Å². The van der Waals surface area contributed by atoms with E-state index in [9.17, 15) is 9.59 Å². The summed E-state index contributed by atoms with van der Waals surface area (Å²) < 4.78 is 4.79. The average molecular weight is 266 g/mol. The number of amides is 1. The molecule has 0 bridgehead atoms. The predicted octanol–water partition coefficient (Wildman–Crippen LogP) is 0.419. The van der Waals surface area contributed by atoms with E-state index in [4.69, 9.17) is 15.6 Å². The van der Waals surface area contributed by atoms with Crippen molar-refractivity contribution in [1.82, 2.24) is 5.32 Å². The molecule has 0 unspecified atom stereocenters. The molecule has 0 fully saturated rings. The quantitative estimate of drug-likeness (QED) is 0.467. The van der Waals surface area contributed by atoms with Gasteiger partial charge in [0.1, 0.15) is 6.61 Å². The van der Waals surface area contributed by atoms with Gasteiger partial charge in [-0.15, -0.1) is 0 Å². The summed E-state index contributed by atoms with van der Waals surface area (Å²) in [6.45, 7) is 0.162. The summed E-state index contributed by atoms with van der Waals surface area (Å²) in [4.78, 5) is 21.6. The van der Waals surface area contributed by atoms with E-state index in [1.807, 2.05) is 12.1 Å². The van der Waals surface area contributed by atoms with Crippen LogP contribution in [0.3, 0.4) is 0 Å². The largest absolute Gasteiger partial charge is 0.480 e. The standard InChI is InChI=1S/C13H18N2O4/c14-11-4-1-10(2-5-11)3-6-12(16)15-7-8-19-9-13(17)18/h1-2,4-5H,3,6-9,14H2,(H,15,16)(H,17,18). The molecule has 1 amide bonds. The molecule has 1 aromatic carbocycles. The Hall–Kier alpha value is -2.08. The Morgan fingerprint density at radius 1 is 1.26 bits per heavy atom. The fourth-order valence-electron chi connectivity index (χ4n) is 1.45. The summed E-state index contributed by atoms with van der Waals surface area (Å²) in [5, 5.41) is 11.0. The van der Waals surface area contributed by atoms with Gasteiger partial charge in [0.15, 0.2) is 0 Å². The maximum Gasteiger partial charge on any atom is 0.329 e. The van der Waals surface area contributed by atoms with Crippen molar-refractivity contribution in [2.45, 2.75) is 12.8 Å². The summed E-state index contributed by atoms with van der Waals surface area (Å²) >= 11 is 0. The molecule has 19 heavy (non-hydrogen) atoms. The SMILES string of the molecule is Nc1ccc(CCC(=O)NCCOCC(=O)O)cc1. The first-order chi connectivity index (χ1) is 9.08. The molecule has 6 heteroatoms. The van der Waals surface area contributed by atoms with Crippen molar-refractivity contribution in [3.05, 3.63) is 29.8 Å². The van der Waals surface area contributed by atoms with Gasteiger partial charge in [0.2, 0.25) is 5.91 Å². The lowest BCUT2D eigenvalue weighted by Gasteiger charge is -2.05. The van der Waals surface area contributed by atoms with Gasteiger partial charge in [0.25, 0.3) is 0 Å². The number of nitrogens with one attached hydrogen (secondary N) is 1. The van der Waals surface area contributed by atoms with E-state index in [1.165, 1.54) is 0 Å². The highest BCUT2D eigenvalue weighted by atomic mass is 16.5. The second-order valence-corrected chi connectivity index (χ2v) is 4.04. The predicted molar refractivity (Wildman–Crippen MR) is 70.6 cm³/mol. The number of anilines is 1. The smallest absolute Gasteiger partial charge is 0.329 e. The highest BCUT2D eigenvalue weighted by molar-refractivity contribution is 5.76. The van der Waals surface area contributed by atoms with Crippen LogP contribution in [0.25, 0.3) is 0 Å². The fourth-order valence-corrected chi connectivity index (χ4v) is 1.45. The summed E-state index contributed by atoms with van der Waals surface area (Å²) in [5.74, 6) is -1.11. The van der Waals surface area contributed by atoms with Gasteiger partial charge in [-0.1, -0.05) is 12.1 Å². The summed E-state index contributed by atoms with van der Waals surface area (Å²) in [6, 6.07) is 7.37. The molecule has 0 saturated heterocycles. The number of hydrogen-bond acceptors (Lipinski definition) is 4. The van der Waals surface area contributed by atoms with Crippen molar-refractivity contribution in [1.29, 1.82) is 0 Å². The van der Waals surface area contributed by atoms with Crippen molar-refractivity contribution in [3.8, 4) is 0 Å². The van der Waals surface area contributed by atoms with E-state index in [0.717, 1.165) is 5.56 Å². The third-order valence-corrected chi connectivity index (χ3v) is 2.41. The number of aryl methyl sites for hydroxylation is 1. The highest BCUT2D eigenvalue weighted by Crippen LogP contribution is 2.07. The van der Waals surface area contributed by atoms with Crippen molar-refractivity contribution >= 4 is 17.6 Å². The lowest BCUT2D eigenvalue weighted by Crippen LogP contribution is -2.28. The number of nitrogen functional groups attached to an aromatic ring is 1. The first-order valence-corrected chi connectivity index (χ1v) is 5.98. The van der Waals surface area contributed by atoms with E-state index in [-0.39, 0.29) is 19.1 Å². The topological polar surface area (TPSA) is 102 Å². The van der Waals surface area contributed by atoms with Gasteiger partial charge in [-0.05, 0) is 24.1 Å². The second-order valence-electron chi connectivity index (χ2n) is 4.04. The number of carboxylic acid groups (broad SMARTS) is 1. The number of hydrogen-bond donors (Lipinski definition) is 3. The van der Waals surface area contributed by atoms with Gasteiger partial charge in [-0.25, -0.2) is 4.79 Å². The summed E-state index contributed by atoms with van der Waals surface area (Å²) in [6.07, 6.45) is 1.02. The summed E-state index contributed by atoms with van der Waals surface area (Å²) in [7, 11) is 0. The minimum absolute atomic E-state index is 0.0873. The number of carbonyl (C=O) groups excluding carboxylic acids is 1. The average Bonchev–Trinajstić information content (AvgIpc) is 2.37. The van der Waals surface area contributed by atoms with Crippen LogP contribution in [0.2, 0.25) is 0 Å². The number of carboxylic acids is 1. The lowest BCUT2D eigenvalue weighted by atomic mass is 10.1. The Morgan fingerprint density at radius 2 is 1.95 bits per heavy atom. The molecule has 104 valence electrons. The Morgan fingerprint density at radius 3 is 2.58 bits per heavy atom. The van der Waals surface area contributed by atoms with Crippen LogP contribution in [-0.4, -0.2) is 36.7 Å². The number of carbonyl (C=O) groups is 2.